The van der Waals surface area contributed by atoms with E-state index in [9.17, 15) is 26.3 Å². The Kier molecular flexibility index (Phi) is 5.78. The number of alkyl halides is 3. The topological polar surface area (TPSA) is 0 Å². The molecule has 2 rings (SSSR count). The fourth-order valence-corrected chi connectivity index (χ4v) is 2.25. The molecule has 0 aliphatic carbocycles. The van der Waals surface area contributed by atoms with Crippen LogP contribution in [0, 0.1) is 29.3 Å². The Morgan fingerprint density at radius 3 is 2.04 bits per heavy atom. The van der Waals surface area contributed by atoms with E-state index >= 15 is 0 Å². The van der Waals surface area contributed by atoms with Crippen molar-refractivity contribution in [2.24, 2.45) is 0 Å². The van der Waals surface area contributed by atoms with E-state index in [4.69, 9.17) is 0 Å². The highest BCUT2D eigenvalue weighted by molar-refractivity contribution is 5.45. The summed E-state index contributed by atoms with van der Waals surface area (Å²) in [5, 5.41) is 0. The Bertz CT molecular complexity index is 801. The van der Waals surface area contributed by atoms with E-state index < -0.39 is 29.2 Å². The quantitative estimate of drug-likeness (QED) is 0.477. The fourth-order valence-electron chi connectivity index (χ4n) is 2.25. The van der Waals surface area contributed by atoms with E-state index in [1.807, 2.05) is 6.92 Å². The predicted octanol–water partition coefficient (Wildman–Crippen LogP) is 5.87. The number of benzene rings is 2. The molecule has 0 atom stereocenters. The third kappa shape index (κ3) is 4.79. The average Bonchev–Trinajstić information content (AvgIpc) is 2.50. The number of hydrogen-bond acceptors (Lipinski definition) is 0. The molecule has 0 nitrogen and oxygen atoms in total. The maximum Gasteiger partial charge on any atom is 0.422 e. The summed E-state index contributed by atoms with van der Waals surface area (Å²) in [6, 6.07) is 5.41. The van der Waals surface area contributed by atoms with Crippen LogP contribution in [0.4, 0.5) is 26.3 Å². The van der Waals surface area contributed by atoms with Crippen molar-refractivity contribution in [1.29, 1.82) is 0 Å². The number of rotatable bonds is 3. The molecule has 0 aromatic heterocycles. The SMILES string of the molecule is CCCCc1ccc(C#Cc2cc(F)c(C(F)(F)F)c(F)c2)c(F)c1. The second kappa shape index (κ2) is 7.64. The largest absolute Gasteiger partial charge is 0.422 e. The lowest BCUT2D eigenvalue weighted by atomic mass is 10.1. The van der Waals surface area contributed by atoms with Crippen LogP contribution in [0.3, 0.4) is 0 Å². The maximum atomic E-state index is 14.0. The zero-order chi connectivity index (χ0) is 18.6. The lowest BCUT2D eigenvalue weighted by Crippen LogP contribution is -2.11. The summed E-state index contributed by atoms with van der Waals surface area (Å²) in [6.07, 6.45) is -2.54. The van der Waals surface area contributed by atoms with Gasteiger partial charge in [0.05, 0.1) is 5.56 Å². The number of hydrogen-bond donors (Lipinski definition) is 0. The van der Waals surface area contributed by atoms with Crippen LogP contribution in [0.5, 0.6) is 0 Å². The molecule has 0 N–H and O–H groups in total. The summed E-state index contributed by atoms with van der Waals surface area (Å²) in [6.45, 7) is 2.01. The van der Waals surface area contributed by atoms with Crippen molar-refractivity contribution in [2.75, 3.05) is 0 Å². The third-order valence-corrected chi connectivity index (χ3v) is 3.52. The van der Waals surface area contributed by atoms with Gasteiger partial charge in [0.25, 0.3) is 0 Å². The van der Waals surface area contributed by atoms with Crippen LogP contribution in [0.15, 0.2) is 30.3 Å². The minimum absolute atomic E-state index is 0.000891. The molecule has 25 heavy (non-hydrogen) atoms. The van der Waals surface area contributed by atoms with Gasteiger partial charge >= 0.3 is 6.18 Å². The second-order valence-electron chi connectivity index (χ2n) is 5.48. The third-order valence-electron chi connectivity index (χ3n) is 3.52. The molecule has 2 aromatic carbocycles. The molecule has 0 fully saturated rings. The highest BCUT2D eigenvalue weighted by Crippen LogP contribution is 2.33. The lowest BCUT2D eigenvalue weighted by molar-refractivity contribution is -0.142. The maximum absolute atomic E-state index is 14.0. The summed E-state index contributed by atoms with van der Waals surface area (Å²) >= 11 is 0. The molecule has 0 unspecified atom stereocenters. The molecule has 0 amide bonds. The standard InChI is InChI=1S/C19H14F6/c1-2-3-4-12-5-7-14(15(20)9-12)8-6-13-10-16(21)18(17(22)11-13)19(23,24)25/h5,7,9-11H,2-4H2,1H3. The molecule has 0 aliphatic rings. The minimum atomic E-state index is -5.14. The van der Waals surface area contributed by atoms with Crippen LogP contribution in [0.25, 0.3) is 0 Å². The van der Waals surface area contributed by atoms with E-state index in [0.29, 0.717) is 12.1 Å². The molecular formula is C19H14F6. The van der Waals surface area contributed by atoms with Gasteiger partial charge in [0.15, 0.2) is 0 Å². The molecule has 0 saturated carbocycles. The van der Waals surface area contributed by atoms with Gasteiger partial charge in [0, 0.05) is 5.56 Å². The van der Waals surface area contributed by atoms with E-state index in [1.54, 1.807) is 6.07 Å². The van der Waals surface area contributed by atoms with Crippen LogP contribution in [-0.4, -0.2) is 0 Å². The highest BCUT2D eigenvalue weighted by atomic mass is 19.4. The first-order valence-electron chi connectivity index (χ1n) is 7.59. The summed E-state index contributed by atoms with van der Waals surface area (Å²) in [4.78, 5) is 0. The Morgan fingerprint density at radius 2 is 1.52 bits per heavy atom. The molecular weight excluding hydrogens is 342 g/mol. The molecule has 0 bridgehead atoms. The Balaban J connectivity index is 2.30. The molecule has 0 heterocycles. The van der Waals surface area contributed by atoms with Gasteiger partial charge in [-0.25, -0.2) is 13.2 Å². The highest BCUT2D eigenvalue weighted by Gasteiger charge is 2.37. The Hall–Kier alpha value is -2.42. The summed E-state index contributed by atoms with van der Waals surface area (Å²) in [5.41, 5.74) is -1.47. The fraction of sp³-hybridized carbons (Fsp3) is 0.263. The van der Waals surface area contributed by atoms with Gasteiger partial charge in [-0.2, -0.15) is 13.2 Å². The number of unbranched alkanes of at least 4 members (excludes halogenated alkanes) is 1. The van der Waals surface area contributed by atoms with Crippen LogP contribution in [0.2, 0.25) is 0 Å². The number of halogens is 6. The van der Waals surface area contributed by atoms with E-state index in [0.717, 1.165) is 24.8 Å². The smallest absolute Gasteiger partial charge is 0.206 e. The Labute approximate surface area is 141 Å². The van der Waals surface area contributed by atoms with Gasteiger partial charge in [-0.3, -0.25) is 0 Å². The molecule has 2 aromatic rings. The molecule has 0 aliphatic heterocycles. The normalized spacial score (nSPS) is 11.2. The van der Waals surface area contributed by atoms with Crippen molar-refractivity contribution in [1.82, 2.24) is 0 Å². The summed E-state index contributed by atoms with van der Waals surface area (Å²) < 4.78 is 78.4. The van der Waals surface area contributed by atoms with Crippen LogP contribution >= 0.6 is 0 Å². The molecule has 0 radical (unpaired) electrons. The van der Waals surface area contributed by atoms with Crippen molar-refractivity contribution in [3.05, 3.63) is 70.0 Å². The monoisotopic (exact) mass is 356 g/mol. The Morgan fingerprint density at radius 1 is 0.880 bits per heavy atom. The van der Waals surface area contributed by atoms with Crippen molar-refractivity contribution < 1.29 is 26.3 Å². The second-order valence-corrected chi connectivity index (χ2v) is 5.48. The van der Waals surface area contributed by atoms with Gasteiger partial charge in [-0.15, -0.1) is 0 Å². The first-order chi connectivity index (χ1) is 11.7. The minimum Gasteiger partial charge on any atom is -0.206 e. The summed E-state index contributed by atoms with van der Waals surface area (Å²) in [5.74, 6) is 0.570. The first-order valence-corrected chi connectivity index (χ1v) is 7.59. The van der Waals surface area contributed by atoms with E-state index in [1.165, 1.54) is 12.1 Å². The van der Waals surface area contributed by atoms with Crippen molar-refractivity contribution >= 4 is 0 Å². The van der Waals surface area contributed by atoms with Gasteiger partial charge in [0.2, 0.25) is 0 Å². The molecule has 132 valence electrons. The van der Waals surface area contributed by atoms with Gasteiger partial charge < -0.3 is 0 Å². The van der Waals surface area contributed by atoms with Crippen molar-refractivity contribution in [2.45, 2.75) is 32.4 Å². The van der Waals surface area contributed by atoms with E-state index in [2.05, 4.69) is 11.8 Å². The van der Waals surface area contributed by atoms with Crippen molar-refractivity contribution in [3.8, 4) is 11.8 Å². The lowest BCUT2D eigenvalue weighted by Gasteiger charge is -2.09. The van der Waals surface area contributed by atoms with E-state index in [-0.39, 0.29) is 11.1 Å². The number of aryl methyl sites for hydroxylation is 1. The van der Waals surface area contributed by atoms with Crippen LogP contribution < -0.4 is 0 Å². The summed E-state index contributed by atoms with van der Waals surface area (Å²) in [7, 11) is 0. The zero-order valence-electron chi connectivity index (χ0n) is 13.3. The van der Waals surface area contributed by atoms with Crippen molar-refractivity contribution in [3.63, 3.8) is 0 Å². The zero-order valence-corrected chi connectivity index (χ0v) is 13.3. The molecule has 0 spiro atoms. The van der Waals surface area contributed by atoms with Gasteiger partial charge in [-0.1, -0.05) is 31.3 Å². The van der Waals surface area contributed by atoms with Gasteiger partial charge in [0.1, 0.15) is 23.0 Å². The predicted molar refractivity (Wildman–Crippen MR) is 82.4 cm³/mol. The first kappa shape index (κ1) is 18.9. The van der Waals surface area contributed by atoms with Crippen LogP contribution in [-0.2, 0) is 12.6 Å². The molecule has 0 saturated heterocycles. The van der Waals surface area contributed by atoms with Crippen LogP contribution in [0.1, 0.15) is 42.0 Å². The average molecular weight is 356 g/mol. The molecule has 6 heteroatoms. The van der Waals surface area contributed by atoms with Gasteiger partial charge in [-0.05, 0) is 42.7 Å².